The van der Waals surface area contributed by atoms with E-state index in [0.29, 0.717) is 29.1 Å². The van der Waals surface area contributed by atoms with Crippen LogP contribution in [0.2, 0.25) is 0 Å². The number of rotatable bonds is 4. The number of aliphatic hydroxyl groups excluding tert-OH is 1. The van der Waals surface area contributed by atoms with Gasteiger partial charge in [0.1, 0.15) is 15.9 Å². The van der Waals surface area contributed by atoms with Gasteiger partial charge in [-0.05, 0) is 40.0 Å². The van der Waals surface area contributed by atoms with Gasteiger partial charge in [0.15, 0.2) is 0 Å². The summed E-state index contributed by atoms with van der Waals surface area (Å²) >= 11 is 1.48. The molecule has 2 heterocycles. The standard InChI is InChI=1S/C17H23N3O3S/c1-9-19-14-13(12(21)7-10-5-6-10)11(8-18-15(14)24-9)20-16(22)23-17(2,3)4/h8,10,12,21H,5-7H2,1-4H3,(H,20,22). The molecule has 0 spiro atoms. The molecule has 24 heavy (non-hydrogen) atoms. The van der Waals surface area contributed by atoms with Crippen LogP contribution in [-0.4, -0.2) is 26.8 Å². The monoisotopic (exact) mass is 349 g/mol. The molecule has 1 unspecified atom stereocenters. The fraction of sp³-hybridized carbons (Fsp3) is 0.588. The summed E-state index contributed by atoms with van der Waals surface area (Å²) in [5.74, 6) is 0.553. The third kappa shape index (κ3) is 4.02. The molecule has 1 atom stereocenters. The number of pyridine rings is 1. The molecular weight excluding hydrogens is 326 g/mol. The van der Waals surface area contributed by atoms with E-state index in [9.17, 15) is 9.90 Å². The van der Waals surface area contributed by atoms with Crippen LogP contribution in [0.15, 0.2) is 6.20 Å². The number of thiazole rings is 1. The van der Waals surface area contributed by atoms with E-state index < -0.39 is 17.8 Å². The fourth-order valence-electron chi connectivity index (χ4n) is 2.64. The van der Waals surface area contributed by atoms with Crippen molar-refractivity contribution in [3.63, 3.8) is 0 Å². The van der Waals surface area contributed by atoms with E-state index in [1.807, 2.05) is 6.92 Å². The summed E-state index contributed by atoms with van der Waals surface area (Å²) in [6.45, 7) is 7.33. The Hall–Kier alpha value is -1.73. The first-order chi connectivity index (χ1) is 11.2. The normalized spacial score (nSPS) is 16.2. The summed E-state index contributed by atoms with van der Waals surface area (Å²) in [5, 5.41) is 14.3. The summed E-state index contributed by atoms with van der Waals surface area (Å²) in [6, 6.07) is 0. The molecule has 0 aliphatic heterocycles. The Morgan fingerprint density at radius 2 is 2.21 bits per heavy atom. The Balaban J connectivity index is 1.94. The summed E-state index contributed by atoms with van der Waals surface area (Å²) < 4.78 is 5.31. The fourth-order valence-corrected chi connectivity index (χ4v) is 3.41. The van der Waals surface area contributed by atoms with Crippen LogP contribution in [0.4, 0.5) is 10.5 Å². The Morgan fingerprint density at radius 3 is 2.83 bits per heavy atom. The van der Waals surface area contributed by atoms with Crippen molar-refractivity contribution in [1.82, 2.24) is 9.97 Å². The molecule has 0 radical (unpaired) electrons. The lowest BCUT2D eigenvalue weighted by molar-refractivity contribution is 0.0635. The van der Waals surface area contributed by atoms with Gasteiger partial charge in [-0.1, -0.05) is 24.2 Å². The van der Waals surface area contributed by atoms with Gasteiger partial charge in [0.05, 0.1) is 23.0 Å². The van der Waals surface area contributed by atoms with E-state index in [1.165, 1.54) is 11.3 Å². The molecule has 0 saturated heterocycles. The van der Waals surface area contributed by atoms with Crippen molar-refractivity contribution in [2.24, 2.45) is 5.92 Å². The molecule has 2 aromatic rings. The highest BCUT2D eigenvalue weighted by molar-refractivity contribution is 7.18. The van der Waals surface area contributed by atoms with Crippen molar-refractivity contribution in [3.05, 3.63) is 16.8 Å². The predicted molar refractivity (Wildman–Crippen MR) is 94.3 cm³/mol. The van der Waals surface area contributed by atoms with Crippen LogP contribution in [0.25, 0.3) is 10.3 Å². The molecule has 2 aromatic heterocycles. The number of fused-ring (bicyclic) bond motifs is 1. The van der Waals surface area contributed by atoms with Gasteiger partial charge >= 0.3 is 6.09 Å². The van der Waals surface area contributed by atoms with E-state index in [-0.39, 0.29) is 0 Å². The lowest BCUT2D eigenvalue weighted by Gasteiger charge is -2.21. The number of hydrogen-bond acceptors (Lipinski definition) is 6. The second kappa shape index (κ2) is 6.29. The van der Waals surface area contributed by atoms with Crippen molar-refractivity contribution < 1.29 is 14.6 Å². The zero-order valence-corrected chi connectivity index (χ0v) is 15.2. The van der Waals surface area contributed by atoms with Gasteiger partial charge in [-0.3, -0.25) is 5.32 Å². The molecular formula is C17H23N3O3S. The number of anilines is 1. The number of ether oxygens (including phenoxy) is 1. The first-order valence-electron chi connectivity index (χ1n) is 8.17. The van der Waals surface area contributed by atoms with Gasteiger partial charge in [0, 0.05) is 5.56 Å². The van der Waals surface area contributed by atoms with Gasteiger partial charge in [0.25, 0.3) is 0 Å². The molecule has 1 aliphatic carbocycles. The lowest BCUT2D eigenvalue weighted by atomic mass is 10.0. The van der Waals surface area contributed by atoms with Crippen molar-refractivity contribution in [2.75, 3.05) is 5.32 Å². The molecule has 7 heteroatoms. The highest BCUT2D eigenvalue weighted by atomic mass is 32.1. The van der Waals surface area contributed by atoms with Gasteiger partial charge in [-0.15, -0.1) is 0 Å². The summed E-state index contributed by atoms with van der Waals surface area (Å²) in [6.07, 6.45) is 3.32. The number of nitrogens with one attached hydrogen (secondary N) is 1. The maximum Gasteiger partial charge on any atom is 0.412 e. The molecule has 0 aromatic carbocycles. The van der Waals surface area contributed by atoms with E-state index in [4.69, 9.17) is 4.74 Å². The van der Waals surface area contributed by atoms with Crippen LogP contribution in [0, 0.1) is 12.8 Å². The molecule has 0 bridgehead atoms. The van der Waals surface area contributed by atoms with E-state index in [1.54, 1.807) is 27.0 Å². The first-order valence-corrected chi connectivity index (χ1v) is 8.98. The number of carbonyl (C=O) groups excluding carboxylic acids is 1. The average Bonchev–Trinajstić information content (AvgIpc) is 3.15. The SMILES string of the molecule is Cc1nc2c(C(O)CC3CC3)c(NC(=O)OC(C)(C)C)cnc2s1. The van der Waals surface area contributed by atoms with Gasteiger partial charge in [0.2, 0.25) is 0 Å². The minimum Gasteiger partial charge on any atom is -0.444 e. The number of aryl methyl sites for hydroxylation is 1. The predicted octanol–water partition coefficient (Wildman–Crippen LogP) is 4.18. The van der Waals surface area contributed by atoms with Gasteiger partial charge in [-0.25, -0.2) is 14.8 Å². The zero-order valence-electron chi connectivity index (χ0n) is 14.4. The quantitative estimate of drug-likeness (QED) is 0.865. The second-order valence-electron chi connectivity index (χ2n) is 7.29. The molecule has 1 fully saturated rings. The average molecular weight is 349 g/mol. The van der Waals surface area contributed by atoms with Crippen LogP contribution in [0.1, 0.15) is 56.7 Å². The lowest BCUT2D eigenvalue weighted by Crippen LogP contribution is -2.27. The Morgan fingerprint density at radius 1 is 1.50 bits per heavy atom. The second-order valence-corrected chi connectivity index (χ2v) is 8.48. The first kappa shape index (κ1) is 17.1. The summed E-state index contributed by atoms with van der Waals surface area (Å²) in [5.41, 5.74) is 1.18. The Bertz CT molecular complexity index is 762. The highest BCUT2D eigenvalue weighted by Crippen LogP contribution is 2.41. The van der Waals surface area contributed by atoms with Gasteiger partial charge in [-0.2, -0.15) is 0 Å². The van der Waals surface area contributed by atoms with Crippen molar-refractivity contribution >= 4 is 33.5 Å². The van der Waals surface area contributed by atoms with Gasteiger partial charge < -0.3 is 9.84 Å². The maximum atomic E-state index is 12.1. The maximum absolute atomic E-state index is 12.1. The van der Waals surface area contributed by atoms with Crippen molar-refractivity contribution in [2.45, 2.75) is 58.7 Å². The largest absolute Gasteiger partial charge is 0.444 e. The summed E-state index contributed by atoms with van der Waals surface area (Å²) in [7, 11) is 0. The molecule has 1 saturated carbocycles. The third-order valence-corrected chi connectivity index (χ3v) is 4.67. The number of carbonyl (C=O) groups is 1. The molecule has 2 N–H and O–H groups in total. The van der Waals surface area contributed by atoms with Crippen LogP contribution in [-0.2, 0) is 4.74 Å². The minimum absolute atomic E-state index is 0.468. The van der Waals surface area contributed by atoms with Crippen LogP contribution >= 0.6 is 11.3 Å². The highest BCUT2D eigenvalue weighted by Gasteiger charge is 2.29. The van der Waals surface area contributed by atoms with Crippen LogP contribution < -0.4 is 5.32 Å². The van der Waals surface area contributed by atoms with E-state index in [2.05, 4.69) is 15.3 Å². The number of amides is 1. The Kier molecular flexibility index (Phi) is 4.48. The molecule has 3 rings (SSSR count). The topological polar surface area (TPSA) is 84.3 Å². The molecule has 1 amide bonds. The number of aromatic nitrogens is 2. The number of aliphatic hydroxyl groups is 1. The van der Waals surface area contributed by atoms with E-state index >= 15 is 0 Å². The molecule has 6 nitrogen and oxygen atoms in total. The molecule has 1 aliphatic rings. The zero-order chi connectivity index (χ0) is 17.5. The third-order valence-electron chi connectivity index (χ3n) is 3.79. The van der Waals surface area contributed by atoms with Crippen molar-refractivity contribution in [3.8, 4) is 0 Å². The van der Waals surface area contributed by atoms with Crippen molar-refractivity contribution in [1.29, 1.82) is 0 Å². The number of hydrogen-bond donors (Lipinski definition) is 2. The smallest absolute Gasteiger partial charge is 0.412 e. The Labute approximate surface area is 145 Å². The molecule has 130 valence electrons. The summed E-state index contributed by atoms with van der Waals surface area (Å²) in [4.78, 5) is 21.8. The van der Waals surface area contributed by atoms with Crippen LogP contribution in [0.3, 0.4) is 0 Å². The van der Waals surface area contributed by atoms with Crippen LogP contribution in [0.5, 0.6) is 0 Å². The minimum atomic E-state index is -0.672. The van der Waals surface area contributed by atoms with E-state index in [0.717, 1.165) is 22.7 Å². The number of nitrogens with zero attached hydrogens (tertiary/aromatic N) is 2.